The molecular weight excluding hydrogens is 613 g/mol. The van der Waals surface area contributed by atoms with Gasteiger partial charge in [0.1, 0.15) is 5.58 Å². The minimum Gasteiger partial charge on any atom is -0.454 e. The first-order valence-electron chi connectivity index (χ1n) is 16.7. The van der Waals surface area contributed by atoms with Gasteiger partial charge in [-0.2, -0.15) is 0 Å². The maximum Gasteiger partial charge on any atom is 0.164 e. The predicted molar refractivity (Wildman–Crippen MR) is 203 cm³/mol. The van der Waals surface area contributed by atoms with Gasteiger partial charge in [-0.1, -0.05) is 133 Å². The zero-order valence-electron chi connectivity index (χ0n) is 26.9. The Morgan fingerprint density at radius 3 is 1.56 bits per heavy atom. The van der Waals surface area contributed by atoms with E-state index < -0.39 is 0 Å². The van der Waals surface area contributed by atoms with E-state index >= 15 is 0 Å². The van der Waals surface area contributed by atoms with Gasteiger partial charge in [-0.05, 0) is 47.5 Å². The SMILES string of the molecule is c1ccc(-c2ccc3c(c2)c2ccccc2n3-c2cc(-c3nc(-c4ccccc4)nc(-c4ccccc4)n3)cc3c2oc2ccccc23)cc1. The van der Waals surface area contributed by atoms with Crippen LogP contribution in [-0.2, 0) is 0 Å². The Labute approximate surface area is 287 Å². The van der Waals surface area contributed by atoms with Gasteiger partial charge in [0.25, 0.3) is 0 Å². The van der Waals surface area contributed by atoms with Crippen LogP contribution in [0.15, 0.2) is 174 Å². The molecule has 0 unspecified atom stereocenters. The van der Waals surface area contributed by atoms with E-state index in [-0.39, 0.29) is 0 Å². The topological polar surface area (TPSA) is 56.7 Å². The molecule has 10 rings (SSSR count). The van der Waals surface area contributed by atoms with Crippen LogP contribution in [0.25, 0.3) is 94.7 Å². The highest BCUT2D eigenvalue weighted by Gasteiger charge is 2.21. The number of nitrogens with zero attached hydrogens (tertiary/aromatic N) is 4. The van der Waals surface area contributed by atoms with Crippen molar-refractivity contribution in [1.29, 1.82) is 0 Å². The molecule has 0 amide bonds. The van der Waals surface area contributed by atoms with E-state index in [1.54, 1.807) is 0 Å². The molecule has 0 radical (unpaired) electrons. The summed E-state index contributed by atoms with van der Waals surface area (Å²) in [5, 5.41) is 4.39. The van der Waals surface area contributed by atoms with Crippen LogP contribution < -0.4 is 0 Å². The molecule has 0 bridgehead atoms. The molecule has 0 aliphatic rings. The van der Waals surface area contributed by atoms with Gasteiger partial charge in [-0.3, -0.25) is 0 Å². The average molecular weight is 641 g/mol. The van der Waals surface area contributed by atoms with Gasteiger partial charge in [0.05, 0.1) is 16.7 Å². The first-order valence-corrected chi connectivity index (χ1v) is 16.7. The number of fused-ring (bicyclic) bond motifs is 6. The van der Waals surface area contributed by atoms with Gasteiger partial charge in [-0.15, -0.1) is 0 Å². The lowest BCUT2D eigenvalue weighted by Gasteiger charge is -2.13. The molecule has 234 valence electrons. The summed E-state index contributed by atoms with van der Waals surface area (Å²) in [5.41, 5.74) is 9.86. The molecule has 5 nitrogen and oxygen atoms in total. The van der Waals surface area contributed by atoms with Crippen molar-refractivity contribution in [3.8, 4) is 51.0 Å². The van der Waals surface area contributed by atoms with Crippen LogP contribution in [-0.4, -0.2) is 19.5 Å². The molecule has 0 atom stereocenters. The van der Waals surface area contributed by atoms with Crippen LogP contribution in [0.2, 0.25) is 0 Å². The maximum absolute atomic E-state index is 6.70. The van der Waals surface area contributed by atoms with Crippen LogP contribution in [0.5, 0.6) is 0 Å². The molecule has 0 fully saturated rings. The lowest BCUT2D eigenvalue weighted by atomic mass is 10.0. The second-order valence-corrected chi connectivity index (χ2v) is 12.5. The van der Waals surface area contributed by atoms with Gasteiger partial charge in [-0.25, -0.2) is 15.0 Å². The maximum atomic E-state index is 6.70. The van der Waals surface area contributed by atoms with Crippen LogP contribution in [0, 0.1) is 0 Å². The molecule has 5 heteroatoms. The van der Waals surface area contributed by atoms with E-state index in [4.69, 9.17) is 19.4 Å². The number of hydrogen-bond acceptors (Lipinski definition) is 4. The van der Waals surface area contributed by atoms with E-state index in [9.17, 15) is 0 Å². The highest BCUT2D eigenvalue weighted by Crippen LogP contribution is 2.41. The Balaban J connectivity index is 1.28. The highest BCUT2D eigenvalue weighted by molar-refractivity contribution is 6.14. The fourth-order valence-electron chi connectivity index (χ4n) is 7.08. The minimum absolute atomic E-state index is 0.596. The summed E-state index contributed by atoms with van der Waals surface area (Å²) in [6.45, 7) is 0. The number of furan rings is 1. The van der Waals surface area contributed by atoms with E-state index in [0.29, 0.717) is 17.5 Å². The fraction of sp³-hybridized carbons (Fsp3) is 0. The molecule has 3 aromatic heterocycles. The second kappa shape index (κ2) is 11.4. The normalized spacial score (nSPS) is 11.6. The second-order valence-electron chi connectivity index (χ2n) is 12.5. The van der Waals surface area contributed by atoms with Crippen molar-refractivity contribution in [2.45, 2.75) is 0 Å². The Morgan fingerprint density at radius 1 is 0.360 bits per heavy atom. The molecule has 0 aliphatic heterocycles. The molecule has 0 aliphatic carbocycles. The first-order chi connectivity index (χ1) is 24.8. The number of aromatic nitrogens is 4. The van der Waals surface area contributed by atoms with Crippen molar-refractivity contribution in [2.24, 2.45) is 0 Å². The largest absolute Gasteiger partial charge is 0.454 e. The van der Waals surface area contributed by atoms with E-state index in [0.717, 1.165) is 55.3 Å². The van der Waals surface area contributed by atoms with Crippen molar-refractivity contribution in [1.82, 2.24) is 19.5 Å². The third kappa shape index (κ3) is 4.60. The van der Waals surface area contributed by atoms with Gasteiger partial charge < -0.3 is 8.98 Å². The molecule has 0 spiro atoms. The molecule has 50 heavy (non-hydrogen) atoms. The average Bonchev–Trinajstić information content (AvgIpc) is 3.74. The molecule has 0 N–H and O–H groups in total. The summed E-state index contributed by atoms with van der Waals surface area (Å²) < 4.78 is 9.03. The van der Waals surface area contributed by atoms with Crippen LogP contribution in [0.3, 0.4) is 0 Å². The highest BCUT2D eigenvalue weighted by atomic mass is 16.3. The van der Waals surface area contributed by atoms with Gasteiger partial charge in [0, 0.05) is 38.2 Å². The van der Waals surface area contributed by atoms with Crippen LogP contribution in [0.1, 0.15) is 0 Å². The first kappa shape index (κ1) is 28.2. The molecule has 10 aromatic rings. The quantitative estimate of drug-likeness (QED) is 0.188. The van der Waals surface area contributed by atoms with Crippen molar-refractivity contribution in [3.05, 3.63) is 170 Å². The van der Waals surface area contributed by atoms with E-state index in [2.05, 4.69) is 102 Å². The smallest absolute Gasteiger partial charge is 0.164 e. The number of benzene rings is 7. The Kier molecular flexibility index (Phi) is 6.42. The van der Waals surface area contributed by atoms with Crippen LogP contribution >= 0.6 is 0 Å². The van der Waals surface area contributed by atoms with Crippen LogP contribution in [0.4, 0.5) is 0 Å². The molecule has 0 saturated carbocycles. The van der Waals surface area contributed by atoms with Gasteiger partial charge in [0.2, 0.25) is 0 Å². The lowest BCUT2D eigenvalue weighted by molar-refractivity contribution is 0.666. The Morgan fingerprint density at radius 2 is 0.880 bits per heavy atom. The zero-order valence-corrected chi connectivity index (χ0v) is 26.9. The van der Waals surface area contributed by atoms with Crippen molar-refractivity contribution < 1.29 is 4.42 Å². The summed E-state index contributed by atoms with van der Waals surface area (Å²) in [6, 6.07) is 58.6. The van der Waals surface area contributed by atoms with Gasteiger partial charge >= 0.3 is 0 Å². The van der Waals surface area contributed by atoms with Crippen molar-refractivity contribution in [2.75, 3.05) is 0 Å². The summed E-state index contributed by atoms with van der Waals surface area (Å²) in [4.78, 5) is 15.1. The lowest BCUT2D eigenvalue weighted by Crippen LogP contribution is -2.01. The molecule has 3 heterocycles. The monoisotopic (exact) mass is 640 g/mol. The minimum atomic E-state index is 0.596. The molecular formula is C45H28N4O. The predicted octanol–water partition coefficient (Wildman–Crippen LogP) is 11.5. The Hall–Kier alpha value is -6.85. The number of para-hydroxylation sites is 2. The van der Waals surface area contributed by atoms with Crippen molar-refractivity contribution in [3.63, 3.8) is 0 Å². The standard InChI is InChI=1S/C45H28N4O/c1-4-14-29(15-5-1)32-24-25-39-36(26-32)34-20-10-12-22-38(34)49(39)40-28-33(27-37-35-21-11-13-23-41(35)50-42(37)40)45-47-43(30-16-6-2-7-17-30)46-44(48-45)31-18-8-3-9-19-31/h1-28H. The van der Waals surface area contributed by atoms with Crippen molar-refractivity contribution >= 4 is 43.7 Å². The summed E-state index contributed by atoms with van der Waals surface area (Å²) in [5.74, 6) is 1.84. The zero-order chi connectivity index (χ0) is 33.0. The van der Waals surface area contributed by atoms with E-state index in [1.807, 2.05) is 72.8 Å². The summed E-state index contributed by atoms with van der Waals surface area (Å²) in [6.07, 6.45) is 0. The Bertz CT molecular complexity index is 2800. The van der Waals surface area contributed by atoms with Gasteiger partial charge in [0.15, 0.2) is 23.1 Å². The third-order valence-electron chi connectivity index (χ3n) is 9.44. The number of hydrogen-bond donors (Lipinski definition) is 0. The molecule has 0 saturated heterocycles. The fourth-order valence-corrected chi connectivity index (χ4v) is 7.08. The summed E-state index contributed by atoms with van der Waals surface area (Å²) >= 11 is 0. The number of rotatable bonds is 5. The summed E-state index contributed by atoms with van der Waals surface area (Å²) in [7, 11) is 0. The molecule has 7 aromatic carbocycles. The van der Waals surface area contributed by atoms with E-state index in [1.165, 1.54) is 21.9 Å². The third-order valence-corrected chi connectivity index (χ3v) is 9.44.